The average Bonchev–Trinajstić information content (AvgIpc) is 3.18. The van der Waals surface area contributed by atoms with Crippen molar-refractivity contribution in [2.75, 3.05) is 0 Å². The highest BCUT2D eigenvalue weighted by atomic mass is 127. The second-order valence-electron chi connectivity index (χ2n) is 8.10. The number of aryl methyl sites for hydroxylation is 1. The molecule has 0 spiro atoms. The van der Waals surface area contributed by atoms with Crippen molar-refractivity contribution in [3.8, 4) is 5.75 Å². The van der Waals surface area contributed by atoms with E-state index in [9.17, 15) is 4.79 Å². The third kappa shape index (κ3) is 5.90. The second kappa shape index (κ2) is 10.7. The molecule has 4 aromatic rings. The highest BCUT2D eigenvalue weighted by Gasteiger charge is 2.24. The molecule has 7 heteroatoms. The van der Waals surface area contributed by atoms with E-state index in [0.717, 1.165) is 29.7 Å². The Balaban J connectivity index is 1.31. The molecule has 1 heterocycles. The number of amides is 1. The Morgan fingerprint density at radius 2 is 1.66 bits per heavy atom. The number of thioether (sulfide) groups is 1. The van der Waals surface area contributed by atoms with Crippen LogP contribution in [0, 0.1) is 14.1 Å². The van der Waals surface area contributed by atoms with E-state index in [1.54, 1.807) is 0 Å². The van der Waals surface area contributed by atoms with Crippen molar-refractivity contribution in [3.05, 3.63) is 108 Å². The molecule has 1 aliphatic rings. The number of halogens is 2. The van der Waals surface area contributed by atoms with Crippen LogP contribution in [0.15, 0.2) is 88.8 Å². The van der Waals surface area contributed by atoms with E-state index in [2.05, 4.69) is 85.8 Å². The molecular formula is C28H20I2N2O2S. The molecule has 1 amide bonds. The van der Waals surface area contributed by atoms with Crippen molar-refractivity contribution in [2.45, 2.75) is 13.5 Å². The van der Waals surface area contributed by atoms with E-state index < -0.39 is 0 Å². The number of nitrogens with zero attached hydrogens (tertiary/aromatic N) is 1. The fraction of sp³-hybridized carbons (Fsp3) is 0.0714. The Hall–Kier alpha value is -2.37. The van der Waals surface area contributed by atoms with Crippen LogP contribution in [0.2, 0.25) is 0 Å². The second-order valence-corrected chi connectivity index (χ2v) is 11.5. The van der Waals surface area contributed by atoms with Gasteiger partial charge in [-0.1, -0.05) is 54.1 Å². The van der Waals surface area contributed by atoms with Crippen molar-refractivity contribution in [1.82, 2.24) is 5.32 Å². The van der Waals surface area contributed by atoms with Gasteiger partial charge in [-0.2, -0.15) is 0 Å². The quantitative estimate of drug-likeness (QED) is 0.171. The minimum absolute atomic E-state index is 0.137. The summed E-state index contributed by atoms with van der Waals surface area (Å²) in [6.45, 7) is 2.53. The number of carbonyl (C=O) groups is 1. The summed E-state index contributed by atoms with van der Waals surface area (Å²) in [5.41, 5.74) is 4.07. The molecule has 35 heavy (non-hydrogen) atoms. The molecule has 0 radical (unpaired) electrons. The van der Waals surface area contributed by atoms with Crippen LogP contribution >= 0.6 is 56.9 Å². The van der Waals surface area contributed by atoms with Crippen LogP contribution in [0.3, 0.4) is 0 Å². The first-order chi connectivity index (χ1) is 16.9. The van der Waals surface area contributed by atoms with Gasteiger partial charge in [0.2, 0.25) is 0 Å². The largest absolute Gasteiger partial charge is 0.487 e. The number of nitrogens with one attached hydrogen (secondary N) is 1. The summed E-state index contributed by atoms with van der Waals surface area (Å²) in [5.74, 6) is 0.717. The highest BCUT2D eigenvalue weighted by Crippen LogP contribution is 2.33. The van der Waals surface area contributed by atoms with Gasteiger partial charge in [-0.3, -0.25) is 4.79 Å². The minimum atomic E-state index is -0.137. The number of amidine groups is 1. The lowest BCUT2D eigenvalue weighted by Gasteiger charge is -2.12. The summed E-state index contributed by atoms with van der Waals surface area (Å²) in [7, 11) is 0. The van der Waals surface area contributed by atoms with E-state index in [1.807, 2.05) is 61.5 Å². The molecule has 4 aromatic carbocycles. The summed E-state index contributed by atoms with van der Waals surface area (Å²) in [4.78, 5) is 17.7. The fourth-order valence-corrected chi connectivity index (χ4v) is 6.62. The smallest absolute Gasteiger partial charge is 0.264 e. The van der Waals surface area contributed by atoms with Crippen LogP contribution in [0.5, 0.6) is 5.75 Å². The number of carbonyl (C=O) groups excluding carboxylic acids is 1. The van der Waals surface area contributed by atoms with E-state index in [4.69, 9.17) is 4.74 Å². The maximum atomic E-state index is 12.5. The van der Waals surface area contributed by atoms with E-state index in [1.165, 1.54) is 28.1 Å². The van der Waals surface area contributed by atoms with Gasteiger partial charge in [-0.25, -0.2) is 4.99 Å². The lowest BCUT2D eigenvalue weighted by Crippen LogP contribution is -2.19. The van der Waals surface area contributed by atoms with Gasteiger partial charge in [-0.05, 0) is 122 Å². The Labute approximate surface area is 235 Å². The third-order valence-corrected chi connectivity index (χ3v) is 7.94. The average molecular weight is 702 g/mol. The molecule has 1 saturated heterocycles. The molecule has 0 atom stereocenters. The van der Waals surface area contributed by atoms with E-state index in [0.29, 0.717) is 16.7 Å². The molecule has 4 nitrogen and oxygen atoms in total. The monoisotopic (exact) mass is 702 g/mol. The SMILES string of the molecule is Cc1ccc(N=C2NC(=O)/C(=C\c3cc(I)c(OCc4ccc5ccccc5c4)c(I)c3)S2)cc1. The van der Waals surface area contributed by atoms with Crippen LogP contribution in [-0.4, -0.2) is 11.1 Å². The van der Waals surface area contributed by atoms with Gasteiger partial charge >= 0.3 is 0 Å². The molecule has 1 N–H and O–H groups in total. The predicted octanol–water partition coefficient (Wildman–Crippen LogP) is 7.83. The molecule has 0 bridgehead atoms. The molecule has 0 aromatic heterocycles. The van der Waals surface area contributed by atoms with Gasteiger partial charge in [0.1, 0.15) is 12.4 Å². The van der Waals surface area contributed by atoms with Crippen molar-refractivity contribution in [2.24, 2.45) is 4.99 Å². The van der Waals surface area contributed by atoms with Crippen LogP contribution in [0.1, 0.15) is 16.7 Å². The Morgan fingerprint density at radius 3 is 2.40 bits per heavy atom. The lowest BCUT2D eigenvalue weighted by atomic mass is 10.1. The van der Waals surface area contributed by atoms with Gasteiger partial charge in [0.25, 0.3) is 5.91 Å². The fourth-order valence-electron chi connectivity index (χ4n) is 3.65. The summed E-state index contributed by atoms with van der Waals surface area (Å²) in [6.07, 6.45) is 1.90. The maximum Gasteiger partial charge on any atom is 0.264 e. The summed E-state index contributed by atoms with van der Waals surface area (Å²) < 4.78 is 8.20. The first kappa shape index (κ1) is 24.3. The zero-order valence-electron chi connectivity index (χ0n) is 18.7. The third-order valence-electron chi connectivity index (χ3n) is 5.43. The number of aliphatic imine (C=N–C) groups is 1. The number of hydrogen-bond donors (Lipinski definition) is 1. The molecular weight excluding hydrogens is 682 g/mol. The van der Waals surface area contributed by atoms with Crippen LogP contribution < -0.4 is 10.1 Å². The number of rotatable bonds is 5. The molecule has 1 aliphatic heterocycles. The molecule has 174 valence electrons. The van der Waals surface area contributed by atoms with Crippen LogP contribution in [0.25, 0.3) is 16.8 Å². The lowest BCUT2D eigenvalue weighted by molar-refractivity contribution is -0.115. The molecule has 1 fully saturated rings. The van der Waals surface area contributed by atoms with Gasteiger partial charge in [-0.15, -0.1) is 0 Å². The Morgan fingerprint density at radius 1 is 0.943 bits per heavy atom. The summed E-state index contributed by atoms with van der Waals surface area (Å²) in [6, 6.07) is 26.7. The van der Waals surface area contributed by atoms with E-state index in [-0.39, 0.29) is 5.91 Å². The number of benzene rings is 4. The first-order valence-corrected chi connectivity index (χ1v) is 13.9. The molecule has 0 saturated carbocycles. The standard InChI is InChI=1S/C28H20I2N2O2S/c1-17-6-10-22(11-7-17)31-28-32-27(33)25(35-28)15-19-13-23(29)26(24(30)14-19)34-16-18-8-9-20-4-2-3-5-21(20)12-18/h2-15H,16H2,1H3,(H,31,32,33)/b25-15+. The van der Waals surface area contributed by atoms with Gasteiger partial charge in [0.15, 0.2) is 5.17 Å². The Bertz CT molecular complexity index is 1470. The highest BCUT2D eigenvalue weighted by molar-refractivity contribution is 14.1. The van der Waals surface area contributed by atoms with Gasteiger partial charge in [0.05, 0.1) is 17.7 Å². The molecule has 5 rings (SSSR count). The first-order valence-electron chi connectivity index (χ1n) is 10.9. The maximum absolute atomic E-state index is 12.5. The van der Waals surface area contributed by atoms with Gasteiger partial charge in [0, 0.05) is 0 Å². The van der Waals surface area contributed by atoms with Gasteiger partial charge < -0.3 is 10.1 Å². The zero-order chi connectivity index (χ0) is 24.4. The zero-order valence-corrected chi connectivity index (χ0v) is 23.8. The van der Waals surface area contributed by atoms with Crippen molar-refractivity contribution >= 4 is 90.6 Å². The molecule has 0 unspecified atom stereocenters. The Kier molecular flexibility index (Phi) is 7.45. The number of ether oxygens (including phenoxy) is 1. The summed E-state index contributed by atoms with van der Waals surface area (Å²) >= 11 is 5.94. The van der Waals surface area contributed by atoms with Crippen molar-refractivity contribution in [1.29, 1.82) is 0 Å². The van der Waals surface area contributed by atoms with Crippen LogP contribution in [0.4, 0.5) is 5.69 Å². The van der Waals surface area contributed by atoms with Crippen molar-refractivity contribution in [3.63, 3.8) is 0 Å². The van der Waals surface area contributed by atoms with Crippen molar-refractivity contribution < 1.29 is 9.53 Å². The number of hydrogen-bond acceptors (Lipinski definition) is 4. The predicted molar refractivity (Wildman–Crippen MR) is 162 cm³/mol. The molecule has 0 aliphatic carbocycles. The van der Waals surface area contributed by atoms with Crippen LogP contribution in [-0.2, 0) is 11.4 Å². The summed E-state index contributed by atoms with van der Waals surface area (Å²) in [5, 5.41) is 5.87. The van der Waals surface area contributed by atoms with E-state index >= 15 is 0 Å². The topological polar surface area (TPSA) is 50.7 Å². The normalized spacial score (nSPS) is 15.7. The number of fused-ring (bicyclic) bond motifs is 1. The minimum Gasteiger partial charge on any atom is -0.487 e.